The third-order valence-electron chi connectivity index (χ3n) is 7.27. The molecule has 0 aliphatic carbocycles. The minimum atomic E-state index is 0.0140. The first-order valence-electron chi connectivity index (χ1n) is 13.3. The molecule has 1 saturated heterocycles. The highest BCUT2D eigenvalue weighted by atomic mass is 16.1. The lowest BCUT2D eigenvalue weighted by atomic mass is 9.94. The van der Waals surface area contributed by atoms with Crippen LogP contribution in [0.4, 0.5) is 5.69 Å². The number of hydrogen-bond donors (Lipinski definition) is 4. The first-order chi connectivity index (χ1) is 19.7. The van der Waals surface area contributed by atoms with E-state index in [1.54, 1.807) is 31.0 Å². The fourth-order valence-electron chi connectivity index (χ4n) is 5.23. The highest BCUT2D eigenvalue weighted by molar-refractivity contribution is 5.96. The summed E-state index contributed by atoms with van der Waals surface area (Å²) in [5.74, 6) is 1.03. The minimum absolute atomic E-state index is 0.0140. The topological polar surface area (TPSA) is 150 Å². The normalized spacial score (nSPS) is 14.1. The summed E-state index contributed by atoms with van der Waals surface area (Å²) in [4.78, 5) is 38.6. The Morgan fingerprint density at radius 1 is 0.950 bits per heavy atom. The fraction of sp³-hybridized carbons (Fsp3) is 0.207. The van der Waals surface area contributed by atoms with E-state index < -0.39 is 0 Å². The van der Waals surface area contributed by atoms with Crippen LogP contribution in [0.2, 0.25) is 0 Å². The summed E-state index contributed by atoms with van der Waals surface area (Å²) in [6.07, 6.45) is 11.2. The van der Waals surface area contributed by atoms with Crippen molar-refractivity contribution in [3.63, 3.8) is 0 Å². The Bertz CT molecular complexity index is 1820. The number of piperidine rings is 1. The lowest BCUT2D eigenvalue weighted by Gasteiger charge is -2.21. The molecule has 0 radical (unpaired) electrons. The average Bonchev–Trinajstić information content (AvgIpc) is 3.62. The first-order valence-corrected chi connectivity index (χ1v) is 13.3. The zero-order chi connectivity index (χ0) is 26.9. The van der Waals surface area contributed by atoms with Gasteiger partial charge in [0.25, 0.3) is 0 Å². The second-order valence-electron chi connectivity index (χ2n) is 9.96. The molecule has 198 valence electrons. The number of nitrogens with zero attached hydrogens (tertiary/aromatic N) is 6. The molecule has 0 atom stereocenters. The van der Waals surface area contributed by atoms with E-state index in [4.69, 9.17) is 4.98 Å². The fourth-order valence-corrected chi connectivity index (χ4v) is 5.23. The highest BCUT2D eigenvalue weighted by Crippen LogP contribution is 2.31. The summed E-state index contributed by atoms with van der Waals surface area (Å²) in [5.41, 5.74) is 6.74. The molecule has 11 nitrogen and oxygen atoms in total. The monoisotopic (exact) mass is 530 g/mol. The second-order valence-corrected chi connectivity index (χ2v) is 9.96. The van der Waals surface area contributed by atoms with E-state index in [0.717, 1.165) is 59.2 Å². The van der Waals surface area contributed by atoms with Crippen LogP contribution in [0.15, 0.2) is 67.4 Å². The van der Waals surface area contributed by atoms with Gasteiger partial charge in [-0.1, -0.05) is 6.07 Å². The third-order valence-corrected chi connectivity index (χ3v) is 7.27. The van der Waals surface area contributed by atoms with Crippen molar-refractivity contribution in [2.75, 3.05) is 18.4 Å². The molecule has 0 aromatic carbocycles. The van der Waals surface area contributed by atoms with Gasteiger partial charge in [0.05, 0.1) is 28.5 Å². The largest absolute Gasteiger partial charge is 0.335 e. The molecular weight excluding hydrogens is 504 g/mol. The summed E-state index contributed by atoms with van der Waals surface area (Å²) in [6, 6.07) is 11.6. The maximum absolute atomic E-state index is 12.7. The molecule has 1 aliphatic rings. The van der Waals surface area contributed by atoms with Crippen molar-refractivity contribution in [1.82, 2.24) is 45.4 Å². The molecule has 1 aliphatic heterocycles. The van der Waals surface area contributed by atoms with Gasteiger partial charge in [-0.25, -0.2) is 15.0 Å². The summed E-state index contributed by atoms with van der Waals surface area (Å²) in [6.45, 7) is 1.94. The van der Waals surface area contributed by atoms with Crippen LogP contribution < -0.4 is 10.6 Å². The van der Waals surface area contributed by atoms with Crippen molar-refractivity contribution in [3.8, 4) is 33.9 Å². The lowest BCUT2D eigenvalue weighted by molar-refractivity contribution is -0.117. The molecular formula is C29H26N10O. The number of H-pyrrole nitrogens is 2. The van der Waals surface area contributed by atoms with Crippen LogP contribution in [0.5, 0.6) is 0 Å². The van der Waals surface area contributed by atoms with E-state index in [1.165, 1.54) is 0 Å². The molecule has 6 aromatic rings. The zero-order valence-electron chi connectivity index (χ0n) is 21.6. The van der Waals surface area contributed by atoms with E-state index in [9.17, 15) is 4.79 Å². The summed E-state index contributed by atoms with van der Waals surface area (Å²) >= 11 is 0. The van der Waals surface area contributed by atoms with Crippen molar-refractivity contribution in [2.45, 2.75) is 19.3 Å². The average molecular weight is 531 g/mol. The molecule has 7 rings (SSSR count). The van der Waals surface area contributed by atoms with Gasteiger partial charge in [0, 0.05) is 47.9 Å². The van der Waals surface area contributed by atoms with E-state index >= 15 is 0 Å². The Labute approximate surface area is 228 Å². The van der Waals surface area contributed by atoms with Gasteiger partial charge in [-0.3, -0.25) is 19.9 Å². The predicted molar refractivity (Wildman–Crippen MR) is 152 cm³/mol. The Balaban J connectivity index is 1.19. The molecule has 0 unspecified atom stereocenters. The Hall–Kier alpha value is -5.03. The van der Waals surface area contributed by atoms with Gasteiger partial charge < -0.3 is 15.6 Å². The molecule has 1 amide bonds. The maximum Gasteiger partial charge on any atom is 0.224 e. The predicted octanol–water partition coefficient (Wildman–Crippen LogP) is 4.35. The molecule has 4 N–H and O–H groups in total. The molecule has 7 heterocycles. The molecule has 6 aromatic heterocycles. The van der Waals surface area contributed by atoms with Gasteiger partial charge >= 0.3 is 0 Å². The SMILES string of the molecule is O=C(CC1CCNCC1)Nc1cncc(-c2cnc3n[nH]c(-c4nc5nccc(-c6ccccn6)c5[nH]4)c3c2)c1. The number of hydrogen-bond acceptors (Lipinski definition) is 8. The Kier molecular flexibility index (Phi) is 6.17. The summed E-state index contributed by atoms with van der Waals surface area (Å²) < 4.78 is 0. The molecule has 40 heavy (non-hydrogen) atoms. The number of carbonyl (C=O) groups is 1. The number of anilines is 1. The summed E-state index contributed by atoms with van der Waals surface area (Å²) in [7, 11) is 0. The van der Waals surface area contributed by atoms with Gasteiger partial charge in [0.2, 0.25) is 5.91 Å². The van der Waals surface area contributed by atoms with Gasteiger partial charge in [0.1, 0.15) is 5.69 Å². The lowest BCUT2D eigenvalue weighted by Crippen LogP contribution is -2.30. The quantitative estimate of drug-likeness (QED) is 0.248. The van der Waals surface area contributed by atoms with Crippen LogP contribution >= 0.6 is 0 Å². The summed E-state index contributed by atoms with van der Waals surface area (Å²) in [5, 5.41) is 14.6. The van der Waals surface area contributed by atoms with Gasteiger partial charge in [-0.05, 0) is 62.2 Å². The second kappa shape index (κ2) is 10.3. The molecule has 0 bridgehead atoms. The highest BCUT2D eigenvalue weighted by Gasteiger charge is 2.19. The van der Waals surface area contributed by atoms with E-state index in [2.05, 4.69) is 45.8 Å². The van der Waals surface area contributed by atoms with Crippen LogP contribution in [0.3, 0.4) is 0 Å². The Morgan fingerprint density at radius 2 is 1.85 bits per heavy atom. The third kappa shape index (κ3) is 4.67. The molecule has 11 heteroatoms. The van der Waals surface area contributed by atoms with E-state index in [0.29, 0.717) is 40.8 Å². The molecule has 0 saturated carbocycles. The number of aromatic amines is 2. The van der Waals surface area contributed by atoms with Gasteiger partial charge in [-0.15, -0.1) is 0 Å². The number of nitrogens with one attached hydrogen (secondary N) is 4. The van der Waals surface area contributed by atoms with Gasteiger partial charge in [-0.2, -0.15) is 5.10 Å². The maximum atomic E-state index is 12.7. The number of amides is 1. The first kappa shape index (κ1) is 24.0. The number of imidazole rings is 1. The van der Waals surface area contributed by atoms with Crippen LogP contribution in [-0.2, 0) is 4.79 Å². The van der Waals surface area contributed by atoms with Crippen LogP contribution in [0, 0.1) is 5.92 Å². The minimum Gasteiger partial charge on any atom is -0.335 e. The van der Waals surface area contributed by atoms with Crippen molar-refractivity contribution in [2.24, 2.45) is 5.92 Å². The number of aromatic nitrogens is 8. The van der Waals surface area contributed by atoms with Crippen LogP contribution in [0.1, 0.15) is 19.3 Å². The number of carbonyl (C=O) groups excluding carboxylic acids is 1. The van der Waals surface area contributed by atoms with Crippen molar-refractivity contribution in [1.29, 1.82) is 0 Å². The van der Waals surface area contributed by atoms with Crippen molar-refractivity contribution >= 4 is 33.8 Å². The van der Waals surface area contributed by atoms with E-state index in [1.807, 2.05) is 36.4 Å². The van der Waals surface area contributed by atoms with Gasteiger partial charge in [0.15, 0.2) is 17.1 Å². The molecule has 0 spiro atoms. The van der Waals surface area contributed by atoms with Crippen molar-refractivity contribution in [3.05, 3.63) is 67.4 Å². The zero-order valence-corrected chi connectivity index (χ0v) is 21.6. The molecule has 1 fully saturated rings. The van der Waals surface area contributed by atoms with Crippen LogP contribution in [0.25, 0.3) is 56.1 Å². The number of fused-ring (bicyclic) bond motifs is 2. The van der Waals surface area contributed by atoms with E-state index in [-0.39, 0.29) is 5.91 Å². The van der Waals surface area contributed by atoms with Crippen LogP contribution in [-0.4, -0.2) is 59.1 Å². The standard InChI is InChI=1S/C29H26N10O/c40-24(11-17-4-8-30-9-5-17)35-20-12-18(14-31-16-20)19-13-22-26(38-39-27(22)34-15-19)29-36-25-21(6-10-33-28(25)37-29)23-3-1-2-7-32-23/h1-3,6-7,10,12-17,30H,4-5,8-9,11H2,(H,35,40)(H,33,36,37)(H,34,38,39). The van der Waals surface area contributed by atoms with Crippen molar-refractivity contribution < 1.29 is 4.79 Å². The number of pyridine rings is 4. The smallest absolute Gasteiger partial charge is 0.224 e. The Morgan fingerprint density at radius 3 is 2.73 bits per heavy atom. The number of rotatable bonds is 6.